The van der Waals surface area contributed by atoms with E-state index in [1.54, 1.807) is 13.0 Å². The van der Waals surface area contributed by atoms with Gasteiger partial charge in [-0.05, 0) is 82.9 Å². The molecule has 1 aromatic carbocycles. The van der Waals surface area contributed by atoms with Gasteiger partial charge in [0.25, 0.3) is 11.8 Å². The number of hydrogen-bond acceptors (Lipinski definition) is 6. The van der Waals surface area contributed by atoms with Gasteiger partial charge in [-0.15, -0.1) is 11.8 Å². The van der Waals surface area contributed by atoms with Crippen molar-refractivity contribution in [3.63, 3.8) is 0 Å². The zero-order chi connectivity index (χ0) is 28.6. The molecule has 3 N–H and O–H groups in total. The van der Waals surface area contributed by atoms with Crippen LogP contribution < -0.4 is 10.6 Å². The number of aliphatic imine (C=N–C) groups is 1. The first-order valence-electron chi connectivity index (χ1n) is 14.1. The van der Waals surface area contributed by atoms with Crippen molar-refractivity contribution in [3.05, 3.63) is 46.3 Å². The molecular formula is C30H39FN4O4S. The van der Waals surface area contributed by atoms with E-state index < -0.39 is 5.92 Å². The standard InChI is InChI=1S/C30H39FN4O4S/c1-17-11-26(40-4)24(28(37)33-17)13-32-29(38)27-19(3)35(25-12-21(31)7-10-23(25)27)18(2)20-5-8-22(9-6-20)34-30(14-36)15-39-16-30/h7,10-12,18,20,22,24,34,36H,5-6,8-9,13-16H2,1-4H3,(H,32,38)/t18-,20?,22?,24?/m1/s1. The second kappa shape index (κ2) is 11.8. The lowest BCUT2D eigenvalue weighted by Crippen LogP contribution is -2.65. The fraction of sp³-hybridized carbons (Fsp3) is 0.567. The molecule has 2 atom stereocenters. The zero-order valence-electron chi connectivity index (χ0n) is 23.6. The number of hydrogen-bond donors (Lipinski definition) is 3. The molecule has 2 fully saturated rings. The number of halogens is 1. The average molecular weight is 571 g/mol. The van der Waals surface area contributed by atoms with E-state index in [4.69, 9.17) is 4.74 Å². The van der Waals surface area contributed by atoms with Crippen molar-refractivity contribution in [2.45, 2.75) is 64.1 Å². The second-order valence-corrected chi connectivity index (χ2v) is 12.4. The molecule has 5 rings (SSSR count). The minimum Gasteiger partial charge on any atom is -0.394 e. The Morgan fingerprint density at radius 1 is 1.27 bits per heavy atom. The quantitative estimate of drug-likeness (QED) is 0.418. The minimum absolute atomic E-state index is 0.0638. The Morgan fingerprint density at radius 2 is 2.00 bits per heavy atom. The molecule has 1 aliphatic carbocycles. The maximum absolute atomic E-state index is 14.5. The van der Waals surface area contributed by atoms with Gasteiger partial charge < -0.3 is 25.0 Å². The number of nitrogens with one attached hydrogen (secondary N) is 2. The predicted molar refractivity (Wildman–Crippen MR) is 156 cm³/mol. The Labute approximate surface area is 238 Å². The van der Waals surface area contributed by atoms with E-state index in [0.29, 0.717) is 47.4 Å². The summed E-state index contributed by atoms with van der Waals surface area (Å²) >= 11 is 1.49. The number of amides is 2. The number of fused-ring (bicyclic) bond motifs is 1. The molecule has 3 heterocycles. The molecule has 2 amide bonds. The molecule has 10 heteroatoms. The smallest absolute Gasteiger partial charge is 0.255 e. The Bertz CT molecular complexity index is 1350. The largest absolute Gasteiger partial charge is 0.394 e. The van der Waals surface area contributed by atoms with Crippen LogP contribution in [0.15, 0.2) is 34.2 Å². The van der Waals surface area contributed by atoms with Crippen LogP contribution in [0.4, 0.5) is 4.39 Å². The summed E-state index contributed by atoms with van der Waals surface area (Å²) in [6.45, 7) is 7.18. The molecule has 216 valence electrons. The first-order valence-corrected chi connectivity index (χ1v) is 15.3. The molecule has 0 radical (unpaired) electrons. The third kappa shape index (κ3) is 5.51. The maximum Gasteiger partial charge on any atom is 0.255 e. The highest BCUT2D eigenvalue weighted by atomic mass is 32.2. The number of dihydropyridines is 1. The number of thioether (sulfide) groups is 1. The van der Waals surface area contributed by atoms with Gasteiger partial charge in [-0.2, -0.15) is 0 Å². The fourth-order valence-corrected chi connectivity index (χ4v) is 7.32. The topological polar surface area (TPSA) is 105 Å². The van der Waals surface area contributed by atoms with Gasteiger partial charge in [-0.1, -0.05) is 0 Å². The first-order chi connectivity index (χ1) is 19.2. The second-order valence-electron chi connectivity index (χ2n) is 11.5. The summed E-state index contributed by atoms with van der Waals surface area (Å²) < 4.78 is 21.9. The average Bonchev–Trinajstić information content (AvgIpc) is 3.20. The van der Waals surface area contributed by atoms with Crippen LogP contribution in [0.2, 0.25) is 0 Å². The van der Waals surface area contributed by atoms with Crippen molar-refractivity contribution >= 4 is 40.2 Å². The third-order valence-corrected chi connectivity index (χ3v) is 9.73. The van der Waals surface area contributed by atoms with Crippen LogP contribution in [-0.4, -0.2) is 71.4 Å². The van der Waals surface area contributed by atoms with Crippen molar-refractivity contribution < 1.29 is 23.8 Å². The number of carbonyl (C=O) groups is 2. The van der Waals surface area contributed by atoms with Crippen molar-refractivity contribution in [3.8, 4) is 0 Å². The van der Waals surface area contributed by atoms with Gasteiger partial charge >= 0.3 is 0 Å². The van der Waals surface area contributed by atoms with Crippen molar-refractivity contribution in [2.75, 3.05) is 32.6 Å². The van der Waals surface area contributed by atoms with E-state index in [-0.39, 0.29) is 42.4 Å². The van der Waals surface area contributed by atoms with Crippen molar-refractivity contribution in [1.82, 2.24) is 15.2 Å². The van der Waals surface area contributed by atoms with Crippen LogP contribution in [0.3, 0.4) is 0 Å². The molecule has 2 aromatic rings. The lowest BCUT2D eigenvalue weighted by Gasteiger charge is -2.45. The van der Waals surface area contributed by atoms with Gasteiger partial charge in [0.1, 0.15) is 5.82 Å². The summed E-state index contributed by atoms with van der Waals surface area (Å²) in [6.07, 6.45) is 7.75. The van der Waals surface area contributed by atoms with Gasteiger partial charge in [-0.25, -0.2) is 9.38 Å². The van der Waals surface area contributed by atoms with E-state index in [2.05, 4.69) is 27.1 Å². The van der Waals surface area contributed by atoms with Crippen LogP contribution in [0.5, 0.6) is 0 Å². The molecule has 2 aliphatic heterocycles. The Morgan fingerprint density at radius 3 is 2.62 bits per heavy atom. The zero-order valence-corrected chi connectivity index (χ0v) is 24.4. The highest BCUT2D eigenvalue weighted by molar-refractivity contribution is 8.02. The van der Waals surface area contributed by atoms with Gasteiger partial charge in [-0.3, -0.25) is 9.59 Å². The molecule has 1 saturated carbocycles. The highest BCUT2D eigenvalue weighted by Crippen LogP contribution is 2.39. The molecule has 1 unspecified atom stereocenters. The number of benzene rings is 1. The van der Waals surface area contributed by atoms with E-state index in [9.17, 15) is 19.1 Å². The molecule has 3 aliphatic rings. The molecule has 0 bridgehead atoms. The Balaban J connectivity index is 1.34. The normalized spacial score (nSPS) is 25.2. The van der Waals surface area contributed by atoms with Crippen LogP contribution >= 0.6 is 11.8 Å². The van der Waals surface area contributed by atoms with Crippen molar-refractivity contribution in [2.24, 2.45) is 16.8 Å². The Hall–Kier alpha value is -2.53. The SMILES string of the molecule is CSC1=CC(C)=NC(=O)C1CNC(=O)c1c(C)n([C@H](C)C2CCC(NC3(CO)COC3)CC2)c2cc(F)ccc12. The summed E-state index contributed by atoms with van der Waals surface area (Å²) in [5, 5.41) is 17.1. The van der Waals surface area contributed by atoms with Crippen LogP contribution in [0, 0.1) is 24.6 Å². The Kier molecular flexibility index (Phi) is 8.52. The molecule has 40 heavy (non-hydrogen) atoms. The summed E-state index contributed by atoms with van der Waals surface area (Å²) in [5.74, 6) is -1.01. The van der Waals surface area contributed by atoms with Gasteiger partial charge in [0, 0.05) is 40.3 Å². The number of ether oxygens (including phenoxy) is 1. The molecule has 1 aromatic heterocycles. The van der Waals surface area contributed by atoms with E-state index in [0.717, 1.165) is 36.3 Å². The van der Waals surface area contributed by atoms with Crippen LogP contribution in [0.25, 0.3) is 10.9 Å². The summed E-state index contributed by atoms with van der Waals surface area (Å²) in [7, 11) is 0. The van der Waals surface area contributed by atoms with Gasteiger partial charge in [0.05, 0.1) is 42.4 Å². The van der Waals surface area contributed by atoms with E-state index >= 15 is 0 Å². The van der Waals surface area contributed by atoms with Gasteiger partial charge in [0.15, 0.2) is 0 Å². The van der Waals surface area contributed by atoms with Crippen LogP contribution in [-0.2, 0) is 9.53 Å². The minimum atomic E-state index is -0.507. The number of rotatable bonds is 9. The van der Waals surface area contributed by atoms with Gasteiger partial charge in [0.2, 0.25) is 0 Å². The van der Waals surface area contributed by atoms with E-state index in [1.165, 1.54) is 23.9 Å². The first kappa shape index (κ1) is 29.0. The number of aliphatic hydroxyl groups is 1. The van der Waals surface area contributed by atoms with E-state index in [1.807, 2.05) is 19.3 Å². The van der Waals surface area contributed by atoms with Crippen molar-refractivity contribution in [1.29, 1.82) is 0 Å². The molecular weight excluding hydrogens is 531 g/mol. The third-order valence-electron chi connectivity index (χ3n) is 8.85. The number of carbonyl (C=O) groups excluding carboxylic acids is 2. The van der Waals surface area contributed by atoms with Crippen LogP contribution in [0.1, 0.15) is 61.6 Å². The number of allylic oxidation sites excluding steroid dienone is 1. The fourth-order valence-electron chi connectivity index (χ4n) is 6.57. The monoisotopic (exact) mass is 570 g/mol. The number of aliphatic hydroxyl groups excluding tert-OH is 1. The summed E-state index contributed by atoms with van der Waals surface area (Å²) in [6, 6.07) is 4.98. The maximum atomic E-state index is 14.5. The summed E-state index contributed by atoms with van der Waals surface area (Å²) in [4.78, 5) is 31.1. The number of aromatic nitrogens is 1. The predicted octanol–water partition coefficient (Wildman–Crippen LogP) is 4.15. The molecule has 0 spiro atoms. The lowest BCUT2D eigenvalue weighted by molar-refractivity contribution is -0.120. The lowest BCUT2D eigenvalue weighted by atomic mass is 9.80. The molecule has 1 saturated heterocycles. The molecule has 8 nitrogen and oxygen atoms in total. The highest BCUT2D eigenvalue weighted by Gasteiger charge is 2.41. The summed E-state index contributed by atoms with van der Waals surface area (Å²) in [5.41, 5.74) is 2.38. The number of nitrogens with zero attached hydrogens (tertiary/aromatic N) is 2.